The second kappa shape index (κ2) is 3.16. The van der Waals surface area contributed by atoms with Gasteiger partial charge in [-0.3, -0.25) is 5.84 Å². The van der Waals surface area contributed by atoms with E-state index in [0.29, 0.717) is 5.70 Å². The Kier molecular flexibility index (Phi) is 2.23. The molecule has 11 heavy (non-hydrogen) atoms. The molecule has 3 heteroatoms. The zero-order valence-corrected chi connectivity index (χ0v) is 5.97. The third-order valence-corrected chi connectivity index (χ3v) is 1.37. The topological polar surface area (TPSA) is 38.0 Å². The fraction of sp³-hybridized carbons (Fsp3) is 0. The van der Waals surface area contributed by atoms with E-state index < -0.39 is 0 Å². The Labute approximate surface area is 64.5 Å². The lowest BCUT2D eigenvalue weighted by molar-refractivity contribution is 0.627. The fourth-order valence-electron chi connectivity index (χ4n) is 0.734. The molecular weight excluding hydrogens is 143 g/mol. The Bertz CT molecular complexity index is 253. The van der Waals surface area contributed by atoms with Gasteiger partial charge in [-0.2, -0.15) is 0 Å². The molecule has 0 bridgehead atoms. The van der Waals surface area contributed by atoms with Crippen molar-refractivity contribution in [1.29, 1.82) is 0 Å². The number of benzene rings is 1. The Morgan fingerprint density at radius 2 is 1.91 bits per heavy atom. The molecule has 0 radical (unpaired) electrons. The van der Waals surface area contributed by atoms with E-state index in [1.54, 1.807) is 12.1 Å². The van der Waals surface area contributed by atoms with Gasteiger partial charge in [0.1, 0.15) is 5.82 Å². The number of rotatable bonds is 2. The smallest absolute Gasteiger partial charge is 0.123 e. The summed E-state index contributed by atoms with van der Waals surface area (Å²) in [5.74, 6) is 4.83. The molecule has 0 aliphatic rings. The zero-order valence-electron chi connectivity index (χ0n) is 5.97. The molecule has 0 aliphatic carbocycles. The van der Waals surface area contributed by atoms with Gasteiger partial charge >= 0.3 is 0 Å². The van der Waals surface area contributed by atoms with E-state index >= 15 is 0 Å². The lowest BCUT2D eigenvalue weighted by Gasteiger charge is -2.02. The summed E-state index contributed by atoms with van der Waals surface area (Å²) in [6.45, 7) is 3.61. The quantitative estimate of drug-likeness (QED) is 0.494. The van der Waals surface area contributed by atoms with Crippen LogP contribution in [0.1, 0.15) is 5.56 Å². The van der Waals surface area contributed by atoms with E-state index in [0.717, 1.165) is 5.56 Å². The second-order valence-corrected chi connectivity index (χ2v) is 2.13. The zero-order chi connectivity index (χ0) is 8.27. The van der Waals surface area contributed by atoms with E-state index in [4.69, 9.17) is 5.84 Å². The van der Waals surface area contributed by atoms with E-state index in [-0.39, 0.29) is 5.82 Å². The molecule has 0 aliphatic heterocycles. The van der Waals surface area contributed by atoms with Crippen molar-refractivity contribution in [3.05, 3.63) is 42.2 Å². The van der Waals surface area contributed by atoms with Crippen molar-refractivity contribution >= 4 is 5.70 Å². The number of hydrazine groups is 1. The van der Waals surface area contributed by atoms with Crippen molar-refractivity contribution in [2.75, 3.05) is 0 Å². The summed E-state index contributed by atoms with van der Waals surface area (Å²) in [5.41, 5.74) is 3.74. The second-order valence-electron chi connectivity index (χ2n) is 2.13. The first-order valence-corrected chi connectivity index (χ1v) is 3.15. The van der Waals surface area contributed by atoms with Crippen LogP contribution in [0.25, 0.3) is 5.70 Å². The van der Waals surface area contributed by atoms with E-state index in [9.17, 15) is 4.39 Å². The SMILES string of the molecule is C=C(NN)c1ccc(F)cc1. The number of nitrogens with two attached hydrogens (primary N) is 1. The number of hydrogen-bond donors (Lipinski definition) is 2. The van der Waals surface area contributed by atoms with E-state index in [1.165, 1.54) is 12.1 Å². The molecule has 1 aromatic carbocycles. The van der Waals surface area contributed by atoms with Crippen LogP contribution < -0.4 is 11.3 Å². The Hall–Kier alpha value is -1.35. The minimum atomic E-state index is -0.265. The van der Waals surface area contributed by atoms with Gasteiger partial charge in [0, 0.05) is 5.70 Å². The van der Waals surface area contributed by atoms with Crippen molar-refractivity contribution in [3.63, 3.8) is 0 Å². The van der Waals surface area contributed by atoms with Crippen molar-refractivity contribution < 1.29 is 4.39 Å². The van der Waals surface area contributed by atoms with Crippen LogP contribution in [0, 0.1) is 5.82 Å². The minimum Gasteiger partial charge on any atom is -0.324 e. The molecule has 0 amide bonds. The van der Waals surface area contributed by atoms with Gasteiger partial charge in [-0.15, -0.1) is 0 Å². The Morgan fingerprint density at radius 3 is 2.36 bits per heavy atom. The van der Waals surface area contributed by atoms with E-state index in [1.807, 2.05) is 0 Å². The highest BCUT2D eigenvalue weighted by Crippen LogP contribution is 2.08. The molecule has 0 spiro atoms. The van der Waals surface area contributed by atoms with Crippen molar-refractivity contribution in [2.45, 2.75) is 0 Å². The minimum absolute atomic E-state index is 0.265. The van der Waals surface area contributed by atoms with E-state index in [2.05, 4.69) is 12.0 Å². The van der Waals surface area contributed by atoms with Crippen molar-refractivity contribution in [2.24, 2.45) is 5.84 Å². The third kappa shape index (κ3) is 1.78. The normalized spacial score (nSPS) is 9.27. The fourth-order valence-corrected chi connectivity index (χ4v) is 0.734. The number of hydrogen-bond acceptors (Lipinski definition) is 2. The summed E-state index contributed by atoms with van der Waals surface area (Å²) in [6.07, 6.45) is 0. The van der Waals surface area contributed by atoms with Crippen LogP contribution >= 0.6 is 0 Å². The van der Waals surface area contributed by atoms with Gasteiger partial charge < -0.3 is 5.43 Å². The van der Waals surface area contributed by atoms with Gasteiger partial charge in [0.05, 0.1) is 0 Å². The van der Waals surface area contributed by atoms with Crippen LogP contribution in [0.2, 0.25) is 0 Å². The number of halogens is 1. The molecule has 0 unspecified atom stereocenters. The Balaban J connectivity index is 2.90. The molecule has 0 aromatic heterocycles. The average molecular weight is 152 g/mol. The van der Waals surface area contributed by atoms with Gasteiger partial charge in [-0.1, -0.05) is 6.58 Å². The maximum atomic E-state index is 12.4. The van der Waals surface area contributed by atoms with Gasteiger partial charge in [0.25, 0.3) is 0 Å². The lowest BCUT2D eigenvalue weighted by Crippen LogP contribution is -2.18. The summed E-state index contributed by atoms with van der Waals surface area (Å²) < 4.78 is 12.4. The van der Waals surface area contributed by atoms with Gasteiger partial charge in [-0.05, 0) is 29.8 Å². The van der Waals surface area contributed by atoms with Crippen LogP contribution in [0.15, 0.2) is 30.8 Å². The molecule has 0 atom stereocenters. The molecular formula is C8H9FN2. The summed E-state index contributed by atoms with van der Waals surface area (Å²) in [4.78, 5) is 0. The van der Waals surface area contributed by atoms with Crippen LogP contribution in [0.5, 0.6) is 0 Å². The van der Waals surface area contributed by atoms with Gasteiger partial charge in [-0.25, -0.2) is 4.39 Å². The third-order valence-electron chi connectivity index (χ3n) is 1.37. The Morgan fingerprint density at radius 1 is 1.36 bits per heavy atom. The van der Waals surface area contributed by atoms with Crippen molar-refractivity contribution in [3.8, 4) is 0 Å². The van der Waals surface area contributed by atoms with Gasteiger partial charge in [0.2, 0.25) is 0 Å². The monoisotopic (exact) mass is 152 g/mol. The molecule has 0 saturated heterocycles. The lowest BCUT2D eigenvalue weighted by atomic mass is 10.2. The highest BCUT2D eigenvalue weighted by Gasteiger charge is 1.94. The number of nitrogens with one attached hydrogen (secondary N) is 1. The average Bonchev–Trinajstić information content (AvgIpc) is 2.05. The summed E-state index contributed by atoms with van der Waals surface area (Å²) in [7, 11) is 0. The summed E-state index contributed by atoms with van der Waals surface area (Å²) in [5, 5.41) is 0. The molecule has 0 heterocycles. The van der Waals surface area contributed by atoms with Crippen molar-refractivity contribution in [1.82, 2.24) is 5.43 Å². The molecule has 2 nitrogen and oxygen atoms in total. The molecule has 1 aromatic rings. The van der Waals surface area contributed by atoms with Crippen LogP contribution in [-0.4, -0.2) is 0 Å². The first-order chi connectivity index (χ1) is 5.24. The largest absolute Gasteiger partial charge is 0.324 e. The predicted molar refractivity (Wildman–Crippen MR) is 42.8 cm³/mol. The molecule has 58 valence electrons. The highest BCUT2D eigenvalue weighted by molar-refractivity contribution is 5.60. The predicted octanol–water partition coefficient (Wildman–Crippen LogP) is 1.26. The first-order valence-electron chi connectivity index (χ1n) is 3.15. The standard InChI is InChI=1S/C8H9FN2/c1-6(11-10)7-2-4-8(9)5-3-7/h2-5,11H,1,10H2. The summed E-state index contributed by atoms with van der Waals surface area (Å²) >= 11 is 0. The van der Waals surface area contributed by atoms with Crippen LogP contribution in [0.3, 0.4) is 0 Å². The van der Waals surface area contributed by atoms with Gasteiger partial charge in [0.15, 0.2) is 0 Å². The van der Waals surface area contributed by atoms with Crippen LogP contribution in [0.4, 0.5) is 4.39 Å². The molecule has 0 fully saturated rings. The molecule has 1 rings (SSSR count). The highest BCUT2D eigenvalue weighted by atomic mass is 19.1. The molecule has 0 saturated carbocycles. The summed E-state index contributed by atoms with van der Waals surface area (Å²) in [6, 6.07) is 5.94. The maximum absolute atomic E-state index is 12.4. The van der Waals surface area contributed by atoms with Crippen LogP contribution in [-0.2, 0) is 0 Å². The maximum Gasteiger partial charge on any atom is 0.123 e. The first kappa shape index (κ1) is 7.75. The molecule has 3 N–H and O–H groups in total.